The molecule has 0 unspecified atom stereocenters. The first kappa shape index (κ1) is 12.7. The van der Waals surface area contributed by atoms with Crippen molar-refractivity contribution in [3.63, 3.8) is 0 Å². The van der Waals surface area contributed by atoms with Crippen LogP contribution in [0, 0.1) is 12.3 Å². The predicted molar refractivity (Wildman–Crippen MR) is 78.2 cm³/mol. The van der Waals surface area contributed by atoms with Gasteiger partial charge in [-0.15, -0.1) is 0 Å². The fourth-order valence-electron chi connectivity index (χ4n) is 2.33. The van der Waals surface area contributed by atoms with E-state index in [-0.39, 0.29) is 5.91 Å². The van der Waals surface area contributed by atoms with Gasteiger partial charge in [0.05, 0.1) is 16.8 Å². The van der Waals surface area contributed by atoms with Crippen molar-refractivity contribution in [2.45, 2.75) is 20.8 Å². The lowest BCUT2D eigenvalue weighted by molar-refractivity contribution is -0.124. The van der Waals surface area contributed by atoms with Gasteiger partial charge in [0.1, 0.15) is 0 Å². The summed E-state index contributed by atoms with van der Waals surface area (Å²) in [5, 5.41) is 7.46. The molecule has 0 atom stereocenters. The maximum atomic E-state index is 11.9. The highest BCUT2D eigenvalue weighted by Gasteiger charge is 2.33. The molecule has 0 aliphatic carbocycles. The van der Waals surface area contributed by atoms with Crippen LogP contribution in [-0.4, -0.2) is 15.7 Å². The van der Waals surface area contributed by atoms with Gasteiger partial charge < -0.3 is 5.32 Å². The molecule has 1 amide bonds. The Kier molecular flexibility index (Phi) is 2.74. The molecule has 20 heavy (non-hydrogen) atoms. The van der Waals surface area contributed by atoms with Crippen LogP contribution in [0.5, 0.6) is 0 Å². The van der Waals surface area contributed by atoms with Crippen LogP contribution in [0.4, 0.5) is 0 Å². The number of aromatic nitrogens is 2. The third-order valence-electron chi connectivity index (χ3n) is 3.55. The van der Waals surface area contributed by atoms with Crippen LogP contribution in [0.15, 0.2) is 42.6 Å². The van der Waals surface area contributed by atoms with Crippen molar-refractivity contribution in [2.75, 3.05) is 0 Å². The van der Waals surface area contributed by atoms with E-state index in [2.05, 4.69) is 10.4 Å². The summed E-state index contributed by atoms with van der Waals surface area (Å²) in [5.74, 6) is 0.0272. The topological polar surface area (TPSA) is 46.9 Å². The van der Waals surface area contributed by atoms with Crippen molar-refractivity contribution >= 4 is 11.6 Å². The molecule has 0 saturated heterocycles. The zero-order chi connectivity index (χ0) is 14.3. The van der Waals surface area contributed by atoms with Crippen molar-refractivity contribution < 1.29 is 4.79 Å². The van der Waals surface area contributed by atoms with Gasteiger partial charge in [-0.25, -0.2) is 4.68 Å². The second-order valence-electron chi connectivity index (χ2n) is 5.64. The molecule has 0 radical (unpaired) electrons. The Bertz CT molecular complexity index is 696. The molecule has 4 heteroatoms. The summed E-state index contributed by atoms with van der Waals surface area (Å²) in [4.78, 5) is 11.9. The number of hydrogen-bond acceptors (Lipinski definition) is 2. The highest BCUT2D eigenvalue weighted by molar-refractivity contribution is 5.98. The van der Waals surface area contributed by atoms with Crippen molar-refractivity contribution in [1.29, 1.82) is 0 Å². The number of amides is 1. The fourth-order valence-corrected chi connectivity index (χ4v) is 2.33. The summed E-state index contributed by atoms with van der Waals surface area (Å²) in [6.45, 7) is 5.77. The van der Waals surface area contributed by atoms with Crippen molar-refractivity contribution in [1.82, 2.24) is 15.1 Å². The van der Waals surface area contributed by atoms with Gasteiger partial charge in [0.25, 0.3) is 0 Å². The second-order valence-corrected chi connectivity index (χ2v) is 5.64. The molecule has 0 spiro atoms. The second kappa shape index (κ2) is 4.34. The van der Waals surface area contributed by atoms with Gasteiger partial charge in [-0.05, 0) is 39.0 Å². The van der Waals surface area contributed by atoms with Crippen molar-refractivity contribution in [3.05, 3.63) is 53.9 Å². The molecule has 2 aromatic rings. The smallest absolute Gasteiger partial charge is 0.233 e. The number of hydrogen-bond donors (Lipinski definition) is 1. The minimum atomic E-state index is -0.462. The molecule has 1 aromatic carbocycles. The first-order valence-electron chi connectivity index (χ1n) is 6.64. The number of carbonyl (C=O) groups excluding carboxylic acids is 1. The zero-order valence-corrected chi connectivity index (χ0v) is 11.8. The van der Waals surface area contributed by atoms with E-state index in [4.69, 9.17) is 0 Å². The van der Waals surface area contributed by atoms with Crippen LogP contribution in [0.2, 0.25) is 0 Å². The average Bonchev–Trinajstić information content (AvgIpc) is 2.92. The minimum Gasteiger partial charge on any atom is -0.325 e. The molecule has 1 aliphatic heterocycles. The normalized spacial score (nSPS) is 16.9. The van der Waals surface area contributed by atoms with Crippen LogP contribution in [0.3, 0.4) is 0 Å². The van der Waals surface area contributed by atoms with E-state index in [0.717, 1.165) is 22.6 Å². The van der Waals surface area contributed by atoms with Crippen LogP contribution < -0.4 is 5.32 Å². The van der Waals surface area contributed by atoms with E-state index in [1.54, 1.807) is 0 Å². The number of nitrogens with one attached hydrogen (secondary N) is 1. The maximum absolute atomic E-state index is 11.9. The van der Waals surface area contributed by atoms with Crippen LogP contribution in [-0.2, 0) is 4.79 Å². The molecule has 0 saturated carbocycles. The fraction of sp³-hybridized carbons (Fsp3) is 0.250. The van der Waals surface area contributed by atoms with Gasteiger partial charge in [-0.1, -0.05) is 18.2 Å². The summed E-state index contributed by atoms with van der Waals surface area (Å²) < 4.78 is 1.84. The molecule has 2 heterocycles. The Morgan fingerprint density at radius 3 is 2.50 bits per heavy atom. The highest BCUT2D eigenvalue weighted by Crippen LogP contribution is 2.31. The minimum absolute atomic E-state index is 0.0272. The third kappa shape index (κ3) is 2.03. The van der Waals surface area contributed by atoms with E-state index < -0.39 is 5.41 Å². The molecule has 0 fully saturated rings. The lowest BCUT2D eigenvalue weighted by Gasteiger charge is -2.09. The van der Waals surface area contributed by atoms with E-state index in [0.29, 0.717) is 0 Å². The van der Waals surface area contributed by atoms with Crippen molar-refractivity contribution in [2.24, 2.45) is 5.41 Å². The van der Waals surface area contributed by atoms with Crippen LogP contribution in [0.1, 0.15) is 25.1 Å². The van der Waals surface area contributed by atoms with Gasteiger partial charge in [0.15, 0.2) is 0 Å². The molecule has 1 N–H and O–H groups in total. The SMILES string of the molecule is Cc1nn(-c2ccccc2)cc1C1=CC(C)(C)C(=O)N1. The number of para-hydroxylation sites is 1. The van der Waals surface area contributed by atoms with Gasteiger partial charge in [-0.2, -0.15) is 5.10 Å². The molecule has 1 aliphatic rings. The average molecular weight is 267 g/mol. The first-order chi connectivity index (χ1) is 9.47. The number of carbonyl (C=O) groups is 1. The number of benzene rings is 1. The Hall–Kier alpha value is -2.36. The summed E-state index contributed by atoms with van der Waals surface area (Å²) in [6.07, 6.45) is 3.92. The highest BCUT2D eigenvalue weighted by atomic mass is 16.2. The van der Waals surface area contributed by atoms with E-state index in [1.807, 2.05) is 68.1 Å². The molecular weight excluding hydrogens is 250 g/mol. The van der Waals surface area contributed by atoms with Gasteiger partial charge >= 0.3 is 0 Å². The number of rotatable bonds is 2. The number of nitrogens with zero attached hydrogens (tertiary/aromatic N) is 2. The standard InChI is InChI=1S/C16H17N3O/c1-11-13(14-9-16(2,3)15(20)17-14)10-19(18-11)12-7-5-4-6-8-12/h4-10H,1-3H3,(H,17,20). The lowest BCUT2D eigenvalue weighted by Crippen LogP contribution is -2.26. The molecule has 4 nitrogen and oxygen atoms in total. The summed E-state index contributed by atoms with van der Waals surface area (Å²) in [7, 11) is 0. The third-order valence-corrected chi connectivity index (χ3v) is 3.55. The largest absolute Gasteiger partial charge is 0.325 e. The summed E-state index contributed by atoms with van der Waals surface area (Å²) in [6, 6.07) is 9.93. The first-order valence-corrected chi connectivity index (χ1v) is 6.64. The summed E-state index contributed by atoms with van der Waals surface area (Å²) in [5.41, 5.74) is 3.26. The van der Waals surface area contributed by atoms with E-state index in [1.165, 1.54) is 0 Å². The van der Waals surface area contributed by atoms with Crippen molar-refractivity contribution in [3.8, 4) is 5.69 Å². The van der Waals surface area contributed by atoms with Gasteiger partial charge in [0.2, 0.25) is 5.91 Å². The van der Waals surface area contributed by atoms with Gasteiger partial charge in [-0.3, -0.25) is 4.79 Å². The number of aryl methyl sites for hydroxylation is 1. The van der Waals surface area contributed by atoms with Crippen LogP contribution >= 0.6 is 0 Å². The predicted octanol–water partition coefficient (Wildman–Crippen LogP) is 2.68. The lowest BCUT2D eigenvalue weighted by atomic mass is 9.94. The molecule has 1 aromatic heterocycles. The Morgan fingerprint density at radius 1 is 1.20 bits per heavy atom. The summed E-state index contributed by atoms with van der Waals surface area (Å²) >= 11 is 0. The quantitative estimate of drug-likeness (QED) is 0.909. The monoisotopic (exact) mass is 267 g/mol. The molecule has 3 rings (SSSR count). The van der Waals surface area contributed by atoms with Crippen LogP contribution in [0.25, 0.3) is 11.4 Å². The Morgan fingerprint density at radius 2 is 1.90 bits per heavy atom. The van der Waals surface area contributed by atoms with E-state index in [9.17, 15) is 4.79 Å². The molecule has 102 valence electrons. The van der Waals surface area contributed by atoms with Gasteiger partial charge in [0, 0.05) is 17.5 Å². The Balaban J connectivity index is 2.01. The maximum Gasteiger partial charge on any atom is 0.233 e. The molecule has 0 bridgehead atoms. The zero-order valence-electron chi connectivity index (χ0n) is 11.8. The van der Waals surface area contributed by atoms with E-state index >= 15 is 0 Å². The molecular formula is C16H17N3O. The Labute approximate surface area is 118 Å².